The number of pyridine rings is 1. The minimum atomic E-state index is -2.56. The second kappa shape index (κ2) is 2.92. The summed E-state index contributed by atoms with van der Waals surface area (Å²) < 4.78 is 23.6. The molecule has 1 aromatic heterocycles. The lowest BCUT2D eigenvalue weighted by Crippen LogP contribution is -1.88. The van der Waals surface area contributed by atoms with Crippen LogP contribution in [0.15, 0.2) is 12.1 Å². The molecule has 1 heterocycles. The van der Waals surface area contributed by atoms with Crippen LogP contribution in [0.5, 0.6) is 0 Å². The van der Waals surface area contributed by atoms with Gasteiger partial charge < -0.3 is 0 Å². The highest BCUT2D eigenvalue weighted by molar-refractivity contribution is 6.29. The van der Waals surface area contributed by atoms with E-state index in [1.807, 2.05) is 0 Å². The fourth-order valence-electron chi connectivity index (χ4n) is 0.500. The van der Waals surface area contributed by atoms with Crippen molar-refractivity contribution < 1.29 is 8.78 Å². The molecule has 10 heavy (non-hydrogen) atoms. The third-order valence-electron chi connectivity index (χ3n) is 0.907. The summed E-state index contributed by atoms with van der Waals surface area (Å²) in [6.07, 6.45) is -2.56. The van der Waals surface area contributed by atoms with Crippen LogP contribution in [0.1, 0.15) is 12.1 Å². The average Bonchev–Trinajstić information content (AvgIpc) is 1.88. The standard InChI is InChI=1S/C6H3ClF2N/c7-5-3-1-2-4(10-5)6(8)9/h1-2,6H. The van der Waals surface area contributed by atoms with Gasteiger partial charge in [-0.15, -0.1) is 0 Å². The van der Waals surface area contributed by atoms with Gasteiger partial charge in [0.1, 0.15) is 10.8 Å². The SMILES string of the molecule is FC(F)c1cc[c]c(Cl)n1. The quantitative estimate of drug-likeness (QED) is 0.578. The predicted octanol–water partition coefficient (Wildman–Crippen LogP) is 2.47. The fraction of sp³-hybridized carbons (Fsp3) is 0.167. The number of aromatic nitrogens is 1. The zero-order valence-electron chi connectivity index (χ0n) is 4.81. The Labute approximate surface area is 61.7 Å². The highest BCUT2D eigenvalue weighted by atomic mass is 35.5. The molecule has 0 saturated heterocycles. The van der Waals surface area contributed by atoms with Crippen molar-refractivity contribution in [1.82, 2.24) is 4.98 Å². The summed E-state index contributed by atoms with van der Waals surface area (Å²) in [5, 5.41) is -0.0298. The smallest absolute Gasteiger partial charge is 0.234 e. The molecule has 0 unspecified atom stereocenters. The molecule has 1 rings (SSSR count). The first-order valence-electron chi connectivity index (χ1n) is 2.52. The van der Waals surface area contributed by atoms with Gasteiger partial charge in [-0.1, -0.05) is 11.6 Å². The van der Waals surface area contributed by atoms with Crippen molar-refractivity contribution in [2.24, 2.45) is 0 Å². The molecule has 1 nitrogen and oxygen atoms in total. The van der Waals surface area contributed by atoms with Gasteiger partial charge in [0, 0.05) is 6.07 Å². The van der Waals surface area contributed by atoms with Crippen molar-refractivity contribution in [1.29, 1.82) is 0 Å². The van der Waals surface area contributed by atoms with Crippen molar-refractivity contribution in [3.63, 3.8) is 0 Å². The van der Waals surface area contributed by atoms with Crippen LogP contribution in [-0.2, 0) is 0 Å². The van der Waals surface area contributed by atoms with Crippen LogP contribution in [0.4, 0.5) is 8.78 Å². The van der Waals surface area contributed by atoms with Gasteiger partial charge in [-0.05, 0) is 12.1 Å². The second-order valence-electron chi connectivity index (χ2n) is 1.61. The summed E-state index contributed by atoms with van der Waals surface area (Å²) in [5.41, 5.74) is -0.316. The number of alkyl halides is 2. The van der Waals surface area contributed by atoms with E-state index in [0.29, 0.717) is 0 Å². The molecule has 0 aliphatic carbocycles. The molecule has 0 spiro atoms. The van der Waals surface area contributed by atoms with E-state index in [2.05, 4.69) is 11.1 Å². The third kappa shape index (κ3) is 1.64. The van der Waals surface area contributed by atoms with E-state index < -0.39 is 6.43 Å². The van der Waals surface area contributed by atoms with Gasteiger partial charge in [0.2, 0.25) is 0 Å². The summed E-state index contributed by atoms with van der Waals surface area (Å²) in [6.45, 7) is 0. The lowest BCUT2D eigenvalue weighted by atomic mass is 10.4. The molecule has 0 aliphatic heterocycles. The number of halogens is 3. The summed E-state index contributed by atoms with van der Waals surface area (Å²) in [4.78, 5) is 3.33. The lowest BCUT2D eigenvalue weighted by molar-refractivity contribution is 0.146. The number of rotatable bonds is 1. The fourth-order valence-corrected chi connectivity index (χ4v) is 0.661. The van der Waals surface area contributed by atoms with Crippen LogP contribution in [0, 0.1) is 6.07 Å². The Bertz CT molecular complexity index is 227. The number of hydrogen-bond donors (Lipinski definition) is 0. The van der Waals surface area contributed by atoms with E-state index >= 15 is 0 Å². The molecule has 0 fully saturated rings. The number of hydrogen-bond acceptors (Lipinski definition) is 1. The zero-order valence-corrected chi connectivity index (χ0v) is 5.57. The van der Waals surface area contributed by atoms with Crippen LogP contribution in [0.2, 0.25) is 5.15 Å². The lowest BCUT2D eigenvalue weighted by Gasteiger charge is -1.95. The Hall–Kier alpha value is -0.700. The normalized spacial score (nSPS) is 10.4. The molecule has 0 atom stereocenters. The predicted molar refractivity (Wildman–Crippen MR) is 33.0 cm³/mol. The first kappa shape index (κ1) is 7.41. The maximum atomic E-state index is 11.8. The van der Waals surface area contributed by atoms with Gasteiger partial charge in [0.25, 0.3) is 6.43 Å². The van der Waals surface area contributed by atoms with Crippen LogP contribution in [0.25, 0.3) is 0 Å². The van der Waals surface area contributed by atoms with Crippen molar-refractivity contribution in [3.8, 4) is 0 Å². The van der Waals surface area contributed by atoms with E-state index in [4.69, 9.17) is 11.6 Å². The van der Waals surface area contributed by atoms with E-state index in [1.54, 1.807) is 0 Å². The average molecular weight is 163 g/mol. The maximum Gasteiger partial charge on any atom is 0.280 e. The first-order valence-corrected chi connectivity index (χ1v) is 2.90. The second-order valence-corrected chi connectivity index (χ2v) is 1.96. The monoisotopic (exact) mass is 162 g/mol. The van der Waals surface area contributed by atoms with Gasteiger partial charge in [0.15, 0.2) is 0 Å². The Morgan fingerprint density at radius 1 is 1.60 bits per heavy atom. The molecule has 0 bridgehead atoms. The van der Waals surface area contributed by atoms with Crippen LogP contribution < -0.4 is 0 Å². The van der Waals surface area contributed by atoms with Gasteiger partial charge >= 0.3 is 0 Å². The molecule has 0 N–H and O–H groups in total. The largest absolute Gasteiger partial charge is 0.280 e. The molecule has 0 aliphatic rings. The van der Waals surface area contributed by atoms with Crippen molar-refractivity contribution in [2.45, 2.75) is 6.43 Å². The molecule has 4 heteroatoms. The molecule has 53 valence electrons. The summed E-state index contributed by atoms with van der Waals surface area (Å²) in [5.74, 6) is 0. The van der Waals surface area contributed by atoms with Crippen molar-refractivity contribution in [2.75, 3.05) is 0 Å². The third-order valence-corrected chi connectivity index (χ3v) is 1.10. The first-order chi connectivity index (χ1) is 4.70. The van der Waals surface area contributed by atoms with E-state index in [9.17, 15) is 8.78 Å². The Morgan fingerprint density at radius 3 is 2.70 bits per heavy atom. The Morgan fingerprint density at radius 2 is 2.30 bits per heavy atom. The Balaban J connectivity index is 2.96. The minimum absolute atomic E-state index is 0.0298. The molecule has 1 radical (unpaired) electrons. The van der Waals surface area contributed by atoms with Gasteiger partial charge in [-0.25, -0.2) is 13.8 Å². The maximum absolute atomic E-state index is 11.8. The van der Waals surface area contributed by atoms with E-state index in [0.717, 1.165) is 0 Å². The van der Waals surface area contributed by atoms with Crippen LogP contribution in [-0.4, -0.2) is 4.98 Å². The molecule has 1 aromatic rings. The molecule has 0 aromatic carbocycles. The van der Waals surface area contributed by atoms with Crippen LogP contribution in [0.3, 0.4) is 0 Å². The molecular weight excluding hydrogens is 160 g/mol. The summed E-state index contributed by atoms with van der Waals surface area (Å²) in [7, 11) is 0. The van der Waals surface area contributed by atoms with Gasteiger partial charge in [-0.3, -0.25) is 0 Å². The molecular formula is C6H3ClF2N. The van der Waals surface area contributed by atoms with E-state index in [-0.39, 0.29) is 10.8 Å². The molecule has 0 amide bonds. The van der Waals surface area contributed by atoms with Gasteiger partial charge in [0.05, 0.1) is 0 Å². The van der Waals surface area contributed by atoms with Gasteiger partial charge in [-0.2, -0.15) is 0 Å². The van der Waals surface area contributed by atoms with Crippen LogP contribution >= 0.6 is 11.6 Å². The summed E-state index contributed by atoms with van der Waals surface area (Å²) in [6, 6.07) is 4.94. The zero-order chi connectivity index (χ0) is 7.56. The highest BCUT2D eigenvalue weighted by Crippen LogP contribution is 2.16. The topological polar surface area (TPSA) is 12.9 Å². The summed E-state index contributed by atoms with van der Waals surface area (Å²) >= 11 is 5.29. The van der Waals surface area contributed by atoms with E-state index in [1.165, 1.54) is 12.1 Å². The molecule has 0 saturated carbocycles. The highest BCUT2D eigenvalue weighted by Gasteiger charge is 2.07. The number of nitrogens with zero attached hydrogens (tertiary/aromatic N) is 1. The minimum Gasteiger partial charge on any atom is -0.234 e. The van der Waals surface area contributed by atoms with Crippen molar-refractivity contribution >= 4 is 11.6 Å². The van der Waals surface area contributed by atoms with Crippen molar-refractivity contribution in [3.05, 3.63) is 29.0 Å². The Kier molecular flexibility index (Phi) is 2.17.